The van der Waals surface area contributed by atoms with Crippen molar-refractivity contribution >= 4 is 11.8 Å². The third-order valence-corrected chi connectivity index (χ3v) is 4.46. The van der Waals surface area contributed by atoms with Crippen molar-refractivity contribution in [1.29, 1.82) is 0 Å². The van der Waals surface area contributed by atoms with Crippen LogP contribution in [0.5, 0.6) is 17.2 Å². The summed E-state index contributed by atoms with van der Waals surface area (Å²) in [6.45, 7) is 4.29. The highest BCUT2D eigenvalue weighted by molar-refractivity contribution is 5.97. The molecule has 6 nitrogen and oxygen atoms in total. The van der Waals surface area contributed by atoms with E-state index in [1.54, 1.807) is 12.1 Å². The van der Waals surface area contributed by atoms with E-state index in [-0.39, 0.29) is 18.0 Å². The lowest BCUT2D eigenvalue weighted by molar-refractivity contribution is -0.136. The van der Waals surface area contributed by atoms with Gasteiger partial charge in [-0.25, -0.2) is 0 Å². The number of benzene rings is 2. The number of carboxylic acids is 1. The first kappa shape index (κ1) is 22.3. The van der Waals surface area contributed by atoms with Crippen LogP contribution in [-0.2, 0) is 17.6 Å². The molecule has 0 bridgehead atoms. The molecule has 6 heteroatoms. The van der Waals surface area contributed by atoms with Gasteiger partial charge in [0.15, 0.2) is 5.78 Å². The molecule has 156 valence electrons. The summed E-state index contributed by atoms with van der Waals surface area (Å²) in [7, 11) is 0. The predicted molar refractivity (Wildman–Crippen MR) is 110 cm³/mol. The minimum atomic E-state index is -0.821. The fourth-order valence-electron chi connectivity index (χ4n) is 3.00. The zero-order chi connectivity index (χ0) is 21.2. The van der Waals surface area contributed by atoms with E-state index >= 15 is 0 Å². The number of aryl methyl sites for hydroxylation is 1. The lowest BCUT2D eigenvalue weighted by Crippen LogP contribution is -2.07. The summed E-state index contributed by atoms with van der Waals surface area (Å²) in [5.41, 5.74) is 1.89. The molecule has 0 spiro atoms. The molecule has 2 aromatic rings. The number of phenolic OH excluding ortho intramolecular Hbond substituents is 1. The minimum absolute atomic E-state index is 0.00581. The molecule has 0 heterocycles. The Balaban J connectivity index is 1.86. The second kappa shape index (κ2) is 11.1. The first-order valence-corrected chi connectivity index (χ1v) is 9.84. The van der Waals surface area contributed by atoms with Crippen LogP contribution in [-0.4, -0.2) is 35.2 Å². The molecule has 0 saturated heterocycles. The molecule has 2 aromatic carbocycles. The van der Waals surface area contributed by atoms with E-state index in [4.69, 9.17) is 14.6 Å². The summed E-state index contributed by atoms with van der Waals surface area (Å²) in [5.74, 6) is 0.294. The number of hydrogen-bond acceptors (Lipinski definition) is 5. The average molecular weight is 400 g/mol. The Labute approximate surface area is 171 Å². The van der Waals surface area contributed by atoms with E-state index in [9.17, 15) is 14.7 Å². The number of Topliss-reactive ketones (excluding diaryl/α,β-unsaturated/α-hetero) is 1. The predicted octanol–water partition coefficient (Wildman–Crippen LogP) is 4.41. The Morgan fingerprint density at radius 2 is 1.79 bits per heavy atom. The highest BCUT2D eigenvalue weighted by Gasteiger charge is 2.15. The van der Waals surface area contributed by atoms with Crippen molar-refractivity contribution in [3.63, 3.8) is 0 Å². The van der Waals surface area contributed by atoms with E-state index in [0.29, 0.717) is 55.1 Å². The molecule has 0 saturated carbocycles. The second-order valence-electron chi connectivity index (χ2n) is 6.84. The van der Waals surface area contributed by atoms with E-state index in [2.05, 4.69) is 0 Å². The van der Waals surface area contributed by atoms with E-state index in [1.165, 1.54) is 6.92 Å². The number of rotatable bonds is 12. The third-order valence-electron chi connectivity index (χ3n) is 4.46. The molecule has 0 amide bonds. The number of aliphatic carboxylic acids is 1. The molecular weight excluding hydrogens is 372 g/mol. The lowest BCUT2D eigenvalue weighted by Gasteiger charge is -2.15. The quantitative estimate of drug-likeness (QED) is 0.405. The van der Waals surface area contributed by atoms with Gasteiger partial charge >= 0.3 is 5.97 Å². The summed E-state index contributed by atoms with van der Waals surface area (Å²) in [4.78, 5) is 22.3. The largest absolute Gasteiger partial charge is 0.507 e. The van der Waals surface area contributed by atoms with Crippen molar-refractivity contribution in [2.75, 3.05) is 13.2 Å². The monoisotopic (exact) mass is 400 g/mol. The molecule has 2 N–H and O–H groups in total. The van der Waals surface area contributed by atoms with Crippen molar-refractivity contribution in [1.82, 2.24) is 0 Å². The first-order chi connectivity index (χ1) is 13.9. The van der Waals surface area contributed by atoms with Gasteiger partial charge < -0.3 is 19.7 Å². The minimum Gasteiger partial charge on any atom is -0.507 e. The topological polar surface area (TPSA) is 93.1 Å². The molecule has 0 unspecified atom stereocenters. The standard InChI is InChI=1S/C23H28O6/c1-3-6-20-21(11-10-19(16(2)24)23(20)27)29-14-5-13-28-18-8-4-7-17(15-18)9-12-22(25)26/h4,7-8,10-11,15,27H,3,5-6,9,12-14H2,1-2H3,(H,25,26). The molecular formula is C23H28O6. The molecule has 0 aromatic heterocycles. The van der Waals surface area contributed by atoms with Crippen molar-refractivity contribution < 1.29 is 29.3 Å². The first-order valence-electron chi connectivity index (χ1n) is 9.84. The number of hydrogen-bond donors (Lipinski definition) is 2. The van der Waals surface area contributed by atoms with Crippen molar-refractivity contribution in [2.45, 2.75) is 46.0 Å². The molecule has 0 fully saturated rings. The highest BCUT2D eigenvalue weighted by atomic mass is 16.5. The Bertz CT molecular complexity index is 843. The SMILES string of the molecule is CCCc1c(OCCCOc2cccc(CCC(=O)O)c2)ccc(C(C)=O)c1O. The molecule has 0 aliphatic rings. The number of carbonyl (C=O) groups excluding carboxylic acids is 1. The molecule has 0 radical (unpaired) electrons. The average Bonchev–Trinajstić information content (AvgIpc) is 2.68. The summed E-state index contributed by atoms with van der Waals surface area (Å²) in [5, 5.41) is 19.1. The molecule has 0 aliphatic heterocycles. The fraction of sp³-hybridized carbons (Fsp3) is 0.391. The lowest BCUT2D eigenvalue weighted by atomic mass is 10.0. The summed E-state index contributed by atoms with van der Waals surface area (Å²) in [6.07, 6.45) is 2.65. The Kier molecular flexibility index (Phi) is 8.52. The zero-order valence-electron chi connectivity index (χ0n) is 16.9. The van der Waals surface area contributed by atoms with Gasteiger partial charge in [-0.1, -0.05) is 25.5 Å². The van der Waals surface area contributed by atoms with Gasteiger partial charge in [0.25, 0.3) is 0 Å². The van der Waals surface area contributed by atoms with E-state index in [0.717, 1.165) is 12.0 Å². The van der Waals surface area contributed by atoms with E-state index in [1.807, 2.05) is 31.2 Å². The van der Waals surface area contributed by atoms with Crippen LogP contribution >= 0.6 is 0 Å². The Morgan fingerprint density at radius 3 is 2.48 bits per heavy atom. The Hall–Kier alpha value is -3.02. The van der Waals surface area contributed by atoms with Crippen LogP contribution in [0.2, 0.25) is 0 Å². The number of carbonyl (C=O) groups is 2. The third kappa shape index (κ3) is 6.82. The van der Waals surface area contributed by atoms with Gasteiger partial charge in [-0.3, -0.25) is 9.59 Å². The number of phenols is 1. The van der Waals surface area contributed by atoms with Crippen LogP contribution in [0.25, 0.3) is 0 Å². The summed E-state index contributed by atoms with van der Waals surface area (Å²) in [6, 6.07) is 10.7. The van der Waals surface area contributed by atoms with Crippen molar-refractivity contribution in [2.24, 2.45) is 0 Å². The Morgan fingerprint density at radius 1 is 1.03 bits per heavy atom. The maximum absolute atomic E-state index is 11.6. The van der Waals surface area contributed by atoms with Crippen molar-refractivity contribution in [3.8, 4) is 17.2 Å². The van der Waals surface area contributed by atoms with Gasteiger partial charge in [-0.2, -0.15) is 0 Å². The molecule has 2 rings (SSSR count). The van der Waals surface area contributed by atoms with Gasteiger partial charge in [0.05, 0.1) is 18.8 Å². The van der Waals surface area contributed by atoms with Crippen LogP contribution < -0.4 is 9.47 Å². The van der Waals surface area contributed by atoms with E-state index < -0.39 is 5.97 Å². The van der Waals surface area contributed by atoms with Gasteiger partial charge in [0.2, 0.25) is 0 Å². The maximum Gasteiger partial charge on any atom is 0.303 e. The van der Waals surface area contributed by atoms with Crippen LogP contribution in [0, 0.1) is 0 Å². The smallest absolute Gasteiger partial charge is 0.303 e. The van der Waals surface area contributed by atoms with Gasteiger partial charge in [0.1, 0.15) is 17.2 Å². The summed E-state index contributed by atoms with van der Waals surface area (Å²) < 4.78 is 11.5. The fourth-order valence-corrected chi connectivity index (χ4v) is 3.00. The van der Waals surface area contributed by atoms with Crippen LogP contribution in [0.3, 0.4) is 0 Å². The second-order valence-corrected chi connectivity index (χ2v) is 6.84. The molecule has 0 aliphatic carbocycles. The normalized spacial score (nSPS) is 10.6. The van der Waals surface area contributed by atoms with Crippen LogP contribution in [0.4, 0.5) is 0 Å². The van der Waals surface area contributed by atoms with Gasteiger partial charge in [0, 0.05) is 18.4 Å². The number of ketones is 1. The zero-order valence-corrected chi connectivity index (χ0v) is 16.9. The maximum atomic E-state index is 11.6. The number of ether oxygens (including phenoxy) is 2. The number of carboxylic acid groups (broad SMARTS) is 1. The molecule has 29 heavy (non-hydrogen) atoms. The highest BCUT2D eigenvalue weighted by Crippen LogP contribution is 2.33. The van der Waals surface area contributed by atoms with Crippen LogP contribution in [0.1, 0.15) is 54.6 Å². The van der Waals surface area contributed by atoms with Gasteiger partial charge in [-0.05, 0) is 49.6 Å². The van der Waals surface area contributed by atoms with Crippen molar-refractivity contribution in [3.05, 3.63) is 53.1 Å². The molecule has 0 atom stereocenters. The number of aromatic hydroxyl groups is 1. The van der Waals surface area contributed by atoms with Crippen LogP contribution in [0.15, 0.2) is 36.4 Å². The van der Waals surface area contributed by atoms with Gasteiger partial charge in [-0.15, -0.1) is 0 Å². The summed E-state index contributed by atoms with van der Waals surface area (Å²) >= 11 is 0.